The van der Waals surface area contributed by atoms with Gasteiger partial charge in [0, 0.05) is 17.3 Å². The first-order valence-corrected chi connectivity index (χ1v) is 4.51. The summed E-state index contributed by atoms with van der Waals surface area (Å²) in [6, 6.07) is 0. The average Bonchev–Trinajstić information content (AvgIpc) is 2.10. The van der Waals surface area contributed by atoms with E-state index in [0.29, 0.717) is 0 Å². The normalized spacial score (nSPS) is 10.7. The summed E-state index contributed by atoms with van der Waals surface area (Å²) in [6.07, 6.45) is -2.55. The number of carboxylic acids is 1. The molecular formula is C8H5Cl2F2NO2. The van der Waals surface area contributed by atoms with Crippen molar-refractivity contribution in [3.05, 3.63) is 27.5 Å². The summed E-state index contributed by atoms with van der Waals surface area (Å²) in [4.78, 5) is 13.9. The van der Waals surface area contributed by atoms with E-state index in [1.54, 1.807) is 0 Å². The van der Waals surface area contributed by atoms with Crippen LogP contribution in [0.15, 0.2) is 6.20 Å². The lowest BCUT2D eigenvalue weighted by atomic mass is 10.1. The minimum atomic E-state index is -2.88. The van der Waals surface area contributed by atoms with Crippen molar-refractivity contribution in [1.82, 2.24) is 4.98 Å². The number of carboxylic acid groups (broad SMARTS) is 1. The Kier molecular flexibility index (Phi) is 3.82. The lowest BCUT2D eigenvalue weighted by Gasteiger charge is -2.09. The molecule has 0 fully saturated rings. The number of rotatable bonds is 3. The Balaban J connectivity index is 3.31. The molecular weight excluding hydrogens is 251 g/mol. The molecule has 0 saturated carbocycles. The molecule has 15 heavy (non-hydrogen) atoms. The molecule has 0 spiro atoms. The number of nitrogens with zero attached hydrogens (tertiary/aromatic N) is 1. The van der Waals surface area contributed by atoms with Crippen molar-refractivity contribution in [1.29, 1.82) is 0 Å². The molecule has 0 aliphatic rings. The Labute approximate surface area is 93.6 Å². The zero-order valence-electron chi connectivity index (χ0n) is 7.18. The maximum Gasteiger partial charge on any atom is 0.307 e. The van der Waals surface area contributed by atoms with E-state index in [0.717, 1.165) is 6.20 Å². The van der Waals surface area contributed by atoms with Crippen molar-refractivity contribution in [2.24, 2.45) is 0 Å². The fourth-order valence-electron chi connectivity index (χ4n) is 1.07. The Morgan fingerprint density at radius 2 is 2.13 bits per heavy atom. The van der Waals surface area contributed by atoms with Crippen molar-refractivity contribution in [2.75, 3.05) is 0 Å². The molecule has 0 saturated heterocycles. The van der Waals surface area contributed by atoms with Gasteiger partial charge in [-0.1, -0.05) is 23.2 Å². The Bertz CT molecular complexity index is 398. The van der Waals surface area contributed by atoms with Crippen molar-refractivity contribution < 1.29 is 18.7 Å². The first kappa shape index (κ1) is 12.1. The maximum absolute atomic E-state index is 12.6. The smallest absolute Gasteiger partial charge is 0.307 e. The third-order valence-corrected chi connectivity index (χ3v) is 2.30. The van der Waals surface area contributed by atoms with Gasteiger partial charge in [0.25, 0.3) is 6.43 Å². The first-order valence-electron chi connectivity index (χ1n) is 3.76. The highest BCUT2D eigenvalue weighted by molar-refractivity contribution is 6.33. The molecule has 0 amide bonds. The van der Waals surface area contributed by atoms with E-state index in [-0.39, 0.29) is 15.7 Å². The average molecular weight is 256 g/mol. The minimum Gasteiger partial charge on any atom is -0.481 e. The second-order valence-electron chi connectivity index (χ2n) is 2.66. The molecule has 1 N–H and O–H groups in total. The molecule has 7 heteroatoms. The number of hydrogen-bond acceptors (Lipinski definition) is 2. The SMILES string of the molecule is O=C(O)Cc1c(Cl)ncc(Cl)c1C(F)F. The molecule has 0 radical (unpaired) electrons. The zero-order valence-corrected chi connectivity index (χ0v) is 8.69. The lowest BCUT2D eigenvalue weighted by molar-refractivity contribution is -0.136. The Hall–Kier alpha value is -0.940. The number of alkyl halides is 2. The lowest BCUT2D eigenvalue weighted by Crippen LogP contribution is -2.06. The number of pyridine rings is 1. The summed E-state index contributed by atoms with van der Waals surface area (Å²) in [5, 5.41) is 7.96. The van der Waals surface area contributed by atoms with Gasteiger partial charge in [0.1, 0.15) is 5.15 Å². The van der Waals surface area contributed by atoms with Gasteiger partial charge < -0.3 is 5.11 Å². The number of aromatic nitrogens is 1. The van der Waals surface area contributed by atoms with Crippen molar-refractivity contribution in [3.8, 4) is 0 Å². The van der Waals surface area contributed by atoms with Crippen LogP contribution in [-0.4, -0.2) is 16.1 Å². The van der Waals surface area contributed by atoms with Gasteiger partial charge in [-0.2, -0.15) is 0 Å². The van der Waals surface area contributed by atoms with Crippen LogP contribution in [0.3, 0.4) is 0 Å². The van der Waals surface area contributed by atoms with Crippen LogP contribution < -0.4 is 0 Å². The largest absolute Gasteiger partial charge is 0.481 e. The molecule has 0 atom stereocenters. The van der Waals surface area contributed by atoms with Crippen molar-refractivity contribution >= 4 is 29.2 Å². The van der Waals surface area contributed by atoms with E-state index in [9.17, 15) is 13.6 Å². The maximum atomic E-state index is 12.6. The molecule has 0 unspecified atom stereocenters. The van der Waals surface area contributed by atoms with E-state index in [1.165, 1.54) is 0 Å². The molecule has 1 aromatic heterocycles. The molecule has 0 aromatic carbocycles. The molecule has 0 aliphatic carbocycles. The molecule has 1 rings (SSSR count). The summed E-state index contributed by atoms with van der Waals surface area (Å²) in [6.45, 7) is 0. The van der Waals surface area contributed by atoms with Gasteiger partial charge in [-0.15, -0.1) is 0 Å². The predicted molar refractivity (Wildman–Crippen MR) is 50.6 cm³/mol. The van der Waals surface area contributed by atoms with Crippen LogP contribution >= 0.6 is 23.2 Å². The monoisotopic (exact) mass is 255 g/mol. The summed E-state index contributed by atoms with van der Waals surface area (Å²) in [7, 11) is 0. The van der Waals surface area contributed by atoms with Crippen LogP contribution in [0.1, 0.15) is 17.6 Å². The fourth-order valence-corrected chi connectivity index (χ4v) is 1.53. The molecule has 0 bridgehead atoms. The highest BCUT2D eigenvalue weighted by atomic mass is 35.5. The second kappa shape index (κ2) is 4.72. The number of halogens is 4. The summed E-state index contributed by atoms with van der Waals surface area (Å²) >= 11 is 11.0. The van der Waals surface area contributed by atoms with Gasteiger partial charge in [0.05, 0.1) is 11.4 Å². The van der Waals surface area contributed by atoms with Crippen LogP contribution in [0.2, 0.25) is 10.2 Å². The van der Waals surface area contributed by atoms with Gasteiger partial charge in [-0.3, -0.25) is 4.79 Å². The van der Waals surface area contributed by atoms with Gasteiger partial charge in [-0.25, -0.2) is 13.8 Å². The number of hydrogen-bond donors (Lipinski definition) is 1. The molecule has 1 heterocycles. The van der Waals surface area contributed by atoms with Crippen LogP contribution in [0.4, 0.5) is 8.78 Å². The van der Waals surface area contributed by atoms with Gasteiger partial charge in [-0.05, 0) is 0 Å². The molecule has 82 valence electrons. The number of carbonyl (C=O) groups is 1. The Morgan fingerprint density at radius 1 is 1.53 bits per heavy atom. The van der Waals surface area contributed by atoms with Gasteiger partial charge in [0.15, 0.2) is 0 Å². The first-order chi connectivity index (χ1) is 6.93. The van der Waals surface area contributed by atoms with Crippen molar-refractivity contribution in [3.63, 3.8) is 0 Å². The van der Waals surface area contributed by atoms with E-state index in [4.69, 9.17) is 28.3 Å². The Morgan fingerprint density at radius 3 is 2.60 bits per heavy atom. The standard InChI is InChI=1S/C8H5Cl2F2NO2/c9-4-2-13-7(10)3(1-5(14)15)6(4)8(11)12/h2,8H,1H2,(H,14,15). The van der Waals surface area contributed by atoms with E-state index in [2.05, 4.69) is 4.98 Å². The minimum absolute atomic E-state index is 0.244. The quantitative estimate of drug-likeness (QED) is 0.846. The zero-order chi connectivity index (χ0) is 11.6. The van der Waals surface area contributed by atoms with E-state index in [1.807, 2.05) is 0 Å². The highest BCUT2D eigenvalue weighted by Crippen LogP contribution is 2.33. The third-order valence-electron chi connectivity index (χ3n) is 1.67. The third kappa shape index (κ3) is 2.76. The topological polar surface area (TPSA) is 50.2 Å². The predicted octanol–water partition coefficient (Wildman–Crippen LogP) is 2.95. The summed E-state index contributed by atoms with van der Waals surface area (Å²) < 4.78 is 25.1. The van der Waals surface area contributed by atoms with Crippen LogP contribution in [0.5, 0.6) is 0 Å². The van der Waals surface area contributed by atoms with Gasteiger partial charge in [0.2, 0.25) is 0 Å². The number of aliphatic carboxylic acids is 1. The summed E-state index contributed by atoms with van der Waals surface area (Å²) in [5.74, 6) is -1.28. The van der Waals surface area contributed by atoms with E-state index < -0.39 is 24.4 Å². The van der Waals surface area contributed by atoms with Crippen LogP contribution in [-0.2, 0) is 11.2 Å². The molecule has 0 aliphatic heterocycles. The molecule has 3 nitrogen and oxygen atoms in total. The van der Waals surface area contributed by atoms with Crippen LogP contribution in [0, 0.1) is 0 Å². The van der Waals surface area contributed by atoms with Crippen molar-refractivity contribution in [2.45, 2.75) is 12.8 Å². The highest BCUT2D eigenvalue weighted by Gasteiger charge is 2.22. The van der Waals surface area contributed by atoms with Gasteiger partial charge >= 0.3 is 5.97 Å². The summed E-state index contributed by atoms with van der Waals surface area (Å²) in [5.41, 5.74) is -0.814. The van der Waals surface area contributed by atoms with Crippen LogP contribution in [0.25, 0.3) is 0 Å². The fraction of sp³-hybridized carbons (Fsp3) is 0.250. The molecule has 1 aromatic rings. The second-order valence-corrected chi connectivity index (χ2v) is 3.43. The van der Waals surface area contributed by atoms with E-state index >= 15 is 0 Å².